The van der Waals surface area contributed by atoms with Crippen molar-refractivity contribution < 1.29 is 14.3 Å². The average Bonchev–Trinajstić information content (AvgIpc) is 2.92. The molecule has 1 aromatic rings. The number of aryl methyl sites for hydroxylation is 1. The summed E-state index contributed by atoms with van der Waals surface area (Å²) in [7, 11) is 1.59. The molecule has 1 heterocycles. The molecule has 0 bridgehead atoms. The molecule has 110 valence electrons. The summed E-state index contributed by atoms with van der Waals surface area (Å²) in [5.74, 6) is 0.649. The molecule has 1 aromatic carbocycles. The van der Waals surface area contributed by atoms with Gasteiger partial charge < -0.3 is 20.1 Å². The fourth-order valence-corrected chi connectivity index (χ4v) is 2.37. The Morgan fingerprint density at radius 3 is 2.95 bits per heavy atom. The lowest BCUT2D eigenvalue weighted by Crippen LogP contribution is -2.43. The third kappa shape index (κ3) is 3.63. The van der Waals surface area contributed by atoms with E-state index in [1.54, 1.807) is 7.11 Å². The maximum atomic E-state index is 12.0. The number of carbonyl (C=O) groups excluding carboxylic acids is 1. The molecule has 1 fully saturated rings. The van der Waals surface area contributed by atoms with E-state index in [0.29, 0.717) is 11.4 Å². The van der Waals surface area contributed by atoms with Crippen LogP contribution in [0.3, 0.4) is 0 Å². The van der Waals surface area contributed by atoms with Crippen LogP contribution >= 0.6 is 0 Å². The van der Waals surface area contributed by atoms with Crippen LogP contribution in [0.5, 0.6) is 5.75 Å². The van der Waals surface area contributed by atoms with Crippen molar-refractivity contribution in [1.29, 1.82) is 0 Å². The van der Waals surface area contributed by atoms with Gasteiger partial charge in [0.2, 0.25) is 0 Å². The SMILES string of the molecule is COc1ccc(C)cc1NC(=O)N[C@H](C)[C@H]1CCCO1. The Labute approximate surface area is 119 Å². The van der Waals surface area contributed by atoms with Gasteiger partial charge in [0.15, 0.2) is 0 Å². The average molecular weight is 278 g/mol. The number of amides is 2. The van der Waals surface area contributed by atoms with Gasteiger partial charge in [-0.25, -0.2) is 4.79 Å². The maximum absolute atomic E-state index is 12.0. The fourth-order valence-electron chi connectivity index (χ4n) is 2.37. The van der Waals surface area contributed by atoms with E-state index in [1.165, 1.54) is 0 Å². The lowest BCUT2D eigenvalue weighted by atomic mass is 10.1. The van der Waals surface area contributed by atoms with Gasteiger partial charge in [-0.1, -0.05) is 6.07 Å². The van der Waals surface area contributed by atoms with E-state index in [9.17, 15) is 4.79 Å². The molecule has 1 saturated heterocycles. The zero-order valence-electron chi connectivity index (χ0n) is 12.2. The van der Waals surface area contributed by atoms with Gasteiger partial charge in [-0.3, -0.25) is 0 Å². The van der Waals surface area contributed by atoms with E-state index in [2.05, 4.69) is 10.6 Å². The summed E-state index contributed by atoms with van der Waals surface area (Å²) in [6, 6.07) is 5.42. The molecule has 2 amide bonds. The summed E-state index contributed by atoms with van der Waals surface area (Å²) in [5, 5.41) is 5.74. The fraction of sp³-hybridized carbons (Fsp3) is 0.533. The summed E-state index contributed by atoms with van der Waals surface area (Å²) in [6.07, 6.45) is 2.17. The molecule has 0 aliphatic carbocycles. The minimum Gasteiger partial charge on any atom is -0.495 e. The number of urea groups is 1. The van der Waals surface area contributed by atoms with E-state index >= 15 is 0 Å². The van der Waals surface area contributed by atoms with Gasteiger partial charge in [-0.15, -0.1) is 0 Å². The predicted molar refractivity (Wildman–Crippen MR) is 78.3 cm³/mol. The minimum atomic E-state index is -0.239. The highest BCUT2D eigenvalue weighted by Crippen LogP contribution is 2.25. The summed E-state index contributed by atoms with van der Waals surface area (Å²) in [5.41, 5.74) is 1.73. The van der Waals surface area contributed by atoms with E-state index in [-0.39, 0.29) is 18.2 Å². The van der Waals surface area contributed by atoms with Gasteiger partial charge in [0.05, 0.1) is 24.9 Å². The molecular formula is C15H22N2O3. The quantitative estimate of drug-likeness (QED) is 0.890. The van der Waals surface area contributed by atoms with Crippen molar-refractivity contribution in [2.75, 3.05) is 19.0 Å². The summed E-state index contributed by atoms with van der Waals surface area (Å²) in [6.45, 7) is 4.71. The number of methoxy groups -OCH3 is 1. The Morgan fingerprint density at radius 1 is 1.50 bits per heavy atom. The van der Waals surface area contributed by atoms with E-state index in [0.717, 1.165) is 25.0 Å². The molecule has 2 N–H and O–H groups in total. The Morgan fingerprint density at radius 2 is 2.30 bits per heavy atom. The van der Waals surface area contributed by atoms with Crippen LogP contribution in [0, 0.1) is 6.92 Å². The second-order valence-corrected chi connectivity index (χ2v) is 5.14. The van der Waals surface area contributed by atoms with E-state index in [1.807, 2.05) is 32.0 Å². The second-order valence-electron chi connectivity index (χ2n) is 5.14. The first kappa shape index (κ1) is 14.7. The maximum Gasteiger partial charge on any atom is 0.319 e. The Hall–Kier alpha value is -1.75. The van der Waals surface area contributed by atoms with Crippen LogP contribution in [0.2, 0.25) is 0 Å². The van der Waals surface area contributed by atoms with Crippen LogP contribution in [0.25, 0.3) is 0 Å². The Bertz CT molecular complexity index is 470. The zero-order valence-corrected chi connectivity index (χ0v) is 12.2. The summed E-state index contributed by atoms with van der Waals surface area (Å²) < 4.78 is 10.8. The standard InChI is InChI=1S/C15H22N2O3/c1-10-6-7-14(19-3)12(9-10)17-15(18)16-11(2)13-5-4-8-20-13/h6-7,9,11,13H,4-5,8H2,1-3H3,(H2,16,17,18)/t11-,13-/m1/s1. The van der Waals surface area contributed by atoms with Crippen LogP contribution < -0.4 is 15.4 Å². The topological polar surface area (TPSA) is 59.6 Å². The van der Waals surface area contributed by atoms with Crippen LogP contribution in [-0.4, -0.2) is 31.9 Å². The molecule has 0 saturated carbocycles. The van der Waals surface area contributed by atoms with Crippen molar-refractivity contribution in [3.05, 3.63) is 23.8 Å². The highest BCUT2D eigenvalue weighted by Gasteiger charge is 2.23. The number of anilines is 1. The van der Waals surface area contributed by atoms with Crippen molar-refractivity contribution in [3.63, 3.8) is 0 Å². The summed E-state index contributed by atoms with van der Waals surface area (Å²) >= 11 is 0. The van der Waals surface area contributed by atoms with E-state index in [4.69, 9.17) is 9.47 Å². The first-order valence-corrected chi connectivity index (χ1v) is 6.94. The van der Waals surface area contributed by atoms with Crippen molar-refractivity contribution >= 4 is 11.7 Å². The predicted octanol–water partition coefficient (Wildman–Crippen LogP) is 2.69. The number of carbonyl (C=O) groups is 1. The second kappa shape index (κ2) is 6.61. The first-order valence-electron chi connectivity index (χ1n) is 6.94. The molecular weight excluding hydrogens is 256 g/mol. The molecule has 1 aliphatic rings. The molecule has 0 aromatic heterocycles. The normalized spacial score (nSPS) is 19.4. The number of hydrogen-bond donors (Lipinski definition) is 2. The lowest BCUT2D eigenvalue weighted by molar-refractivity contribution is 0.0868. The van der Waals surface area contributed by atoms with Crippen molar-refractivity contribution in [3.8, 4) is 5.75 Å². The monoisotopic (exact) mass is 278 g/mol. The van der Waals surface area contributed by atoms with Crippen molar-refractivity contribution in [1.82, 2.24) is 5.32 Å². The zero-order chi connectivity index (χ0) is 14.5. The van der Waals surface area contributed by atoms with Crippen LogP contribution in [0.15, 0.2) is 18.2 Å². The molecule has 1 aliphatic heterocycles. The van der Waals surface area contributed by atoms with Gasteiger partial charge in [-0.2, -0.15) is 0 Å². The van der Waals surface area contributed by atoms with Crippen molar-refractivity contribution in [2.24, 2.45) is 0 Å². The smallest absolute Gasteiger partial charge is 0.319 e. The molecule has 2 rings (SSSR count). The van der Waals surface area contributed by atoms with Crippen molar-refractivity contribution in [2.45, 2.75) is 38.8 Å². The highest BCUT2D eigenvalue weighted by molar-refractivity contribution is 5.91. The summed E-state index contributed by atoms with van der Waals surface area (Å²) in [4.78, 5) is 12.0. The van der Waals surface area contributed by atoms with Gasteiger partial charge in [0.1, 0.15) is 5.75 Å². The van der Waals surface area contributed by atoms with E-state index < -0.39 is 0 Å². The molecule has 0 unspecified atom stereocenters. The number of ether oxygens (including phenoxy) is 2. The Kier molecular flexibility index (Phi) is 4.84. The lowest BCUT2D eigenvalue weighted by Gasteiger charge is -2.20. The highest BCUT2D eigenvalue weighted by atomic mass is 16.5. The molecule has 5 nitrogen and oxygen atoms in total. The molecule has 0 spiro atoms. The molecule has 2 atom stereocenters. The molecule has 0 radical (unpaired) electrons. The minimum absolute atomic E-state index is 0.00620. The van der Waals surface area contributed by atoms with Crippen LogP contribution in [-0.2, 0) is 4.74 Å². The van der Waals surface area contributed by atoms with Gasteiger partial charge >= 0.3 is 6.03 Å². The van der Waals surface area contributed by atoms with Gasteiger partial charge in [0, 0.05) is 6.61 Å². The third-order valence-electron chi connectivity index (χ3n) is 3.48. The number of rotatable bonds is 4. The van der Waals surface area contributed by atoms with Gasteiger partial charge in [0.25, 0.3) is 0 Å². The molecule has 20 heavy (non-hydrogen) atoms. The number of hydrogen-bond acceptors (Lipinski definition) is 3. The number of nitrogens with one attached hydrogen (secondary N) is 2. The number of benzene rings is 1. The first-order chi connectivity index (χ1) is 9.60. The van der Waals surface area contributed by atoms with Crippen LogP contribution in [0.1, 0.15) is 25.3 Å². The Balaban J connectivity index is 1.95. The third-order valence-corrected chi connectivity index (χ3v) is 3.48. The van der Waals surface area contributed by atoms with Crippen LogP contribution in [0.4, 0.5) is 10.5 Å². The largest absolute Gasteiger partial charge is 0.495 e. The molecule has 5 heteroatoms. The van der Waals surface area contributed by atoms with Gasteiger partial charge in [-0.05, 0) is 44.4 Å².